The fourth-order valence-electron chi connectivity index (χ4n) is 2.82. The largest absolute Gasteiger partial charge is 0.493 e. The molecule has 0 unspecified atom stereocenters. The van der Waals surface area contributed by atoms with E-state index in [4.69, 9.17) is 21.1 Å². The molecule has 2 aromatic rings. The summed E-state index contributed by atoms with van der Waals surface area (Å²) in [6.07, 6.45) is 2.24. The molecule has 3 rings (SSSR count). The molecule has 1 aliphatic heterocycles. The van der Waals surface area contributed by atoms with Crippen LogP contribution in [-0.2, 0) is 9.59 Å². The van der Waals surface area contributed by atoms with Gasteiger partial charge in [-0.15, -0.1) is 0 Å². The number of benzene rings is 2. The quantitative estimate of drug-likeness (QED) is 0.550. The van der Waals surface area contributed by atoms with E-state index < -0.39 is 17.8 Å². The molecule has 30 heavy (non-hydrogen) atoms. The molecular formula is C22H21ClN2O5. The lowest BCUT2D eigenvalue weighted by atomic mass is 10.1. The number of carbonyl (C=O) groups is 3. The number of barbiturate groups is 1. The number of urea groups is 1. The van der Waals surface area contributed by atoms with Gasteiger partial charge < -0.3 is 9.47 Å². The first-order valence-electron chi connectivity index (χ1n) is 9.35. The topological polar surface area (TPSA) is 84.9 Å². The lowest BCUT2D eigenvalue weighted by Crippen LogP contribution is -2.54. The molecule has 0 saturated carbocycles. The van der Waals surface area contributed by atoms with E-state index in [0.717, 1.165) is 11.3 Å². The highest BCUT2D eigenvalue weighted by Gasteiger charge is 2.36. The number of hydrogen-bond donors (Lipinski definition) is 1. The molecule has 2 aromatic carbocycles. The van der Waals surface area contributed by atoms with Crippen LogP contribution < -0.4 is 19.7 Å². The van der Waals surface area contributed by atoms with Crippen LogP contribution in [0.25, 0.3) is 6.08 Å². The summed E-state index contributed by atoms with van der Waals surface area (Å²) in [6, 6.07) is 10.4. The maximum atomic E-state index is 12.9. The average Bonchev–Trinajstić information content (AvgIpc) is 2.73. The SMILES string of the molecule is CC[C@@H](C)Oc1ccc(/C=C2/C(=O)NC(=O)N(c3ccc(Cl)cc3)C2=O)cc1OC. The standard InChI is InChI=1S/C22H21ClN2O5/c1-4-13(2)30-18-10-5-14(12-19(18)29-3)11-17-20(26)24-22(28)25(21(17)27)16-8-6-15(23)7-9-16/h5-13H,4H2,1-3H3,(H,24,26,28)/b17-11-/t13-/m1/s1. The minimum Gasteiger partial charge on any atom is -0.493 e. The van der Waals surface area contributed by atoms with Crippen LogP contribution >= 0.6 is 11.6 Å². The maximum absolute atomic E-state index is 12.9. The van der Waals surface area contributed by atoms with Gasteiger partial charge in [-0.1, -0.05) is 24.6 Å². The average molecular weight is 429 g/mol. The molecule has 0 spiro atoms. The Morgan fingerprint density at radius 1 is 1.10 bits per heavy atom. The molecule has 0 radical (unpaired) electrons. The summed E-state index contributed by atoms with van der Waals surface area (Å²) in [5, 5.41) is 2.65. The van der Waals surface area contributed by atoms with Crippen molar-refractivity contribution in [3.05, 3.63) is 58.6 Å². The van der Waals surface area contributed by atoms with Gasteiger partial charge in [0.25, 0.3) is 11.8 Å². The van der Waals surface area contributed by atoms with E-state index in [-0.39, 0.29) is 11.7 Å². The van der Waals surface area contributed by atoms with E-state index in [1.54, 1.807) is 30.3 Å². The van der Waals surface area contributed by atoms with E-state index in [0.29, 0.717) is 27.8 Å². The molecule has 4 amide bonds. The fourth-order valence-corrected chi connectivity index (χ4v) is 2.95. The molecule has 1 fully saturated rings. The lowest BCUT2D eigenvalue weighted by Gasteiger charge is -2.26. The van der Waals surface area contributed by atoms with Gasteiger partial charge in [-0.3, -0.25) is 14.9 Å². The summed E-state index contributed by atoms with van der Waals surface area (Å²) >= 11 is 5.87. The molecule has 1 aliphatic rings. The minimum atomic E-state index is -0.820. The van der Waals surface area contributed by atoms with Gasteiger partial charge >= 0.3 is 6.03 Å². The first kappa shape index (κ1) is 21.4. The van der Waals surface area contributed by atoms with Crippen molar-refractivity contribution in [1.29, 1.82) is 0 Å². The number of nitrogens with zero attached hydrogens (tertiary/aromatic N) is 1. The molecule has 8 heteroatoms. The number of hydrogen-bond acceptors (Lipinski definition) is 5. The molecule has 1 saturated heterocycles. The Morgan fingerprint density at radius 3 is 2.43 bits per heavy atom. The molecule has 7 nitrogen and oxygen atoms in total. The van der Waals surface area contributed by atoms with Crippen LogP contribution in [-0.4, -0.2) is 31.1 Å². The third kappa shape index (κ3) is 4.46. The molecule has 0 bridgehead atoms. The zero-order chi connectivity index (χ0) is 21.8. The van der Waals surface area contributed by atoms with E-state index in [1.807, 2.05) is 13.8 Å². The Kier molecular flexibility index (Phi) is 6.42. The zero-order valence-corrected chi connectivity index (χ0v) is 17.5. The summed E-state index contributed by atoms with van der Waals surface area (Å²) in [7, 11) is 1.51. The van der Waals surface area contributed by atoms with Gasteiger partial charge in [0.15, 0.2) is 11.5 Å². The Labute approximate surface area is 179 Å². The van der Waals surface area contributed by atoms with Crippen LogP contribution in [0, 0.1) is 0 Å². The highest BCUT2D eigenvalue weighted by atomic mass is 35.5. The highest BCUT2D eigenvalue weighted by Crippen LogP contribution is 2.31. The van der Waals surface area contributed by atoms with Crippen molar-refractivity contribution < 1.29 is 23.9 Å². The predicted molar refractivity (Wildman–Crippen MR) is 114 cm³/mol. The molecule has 156 valence electrons. The first-order valence-corrected chi connectivity index (χ1v) is 9.73. The van der Waals surface area contributed by atoms with E-state index >= 15 is 0 Å². The molecule has 1 N–H and O–H groups in total. The third-order valence-electron chi connectivity index (χ3n) is 4.59. The number of imide groups is 2. The predicted octanol–water partition coefficient (Wildman–Crippen LogP) is 4.19. The van der Waals surface area contributed by atoms with Crippen molar-refractivity contribution >= 4 is 41.2 Å². The van der Waals surface area contributed by atoms with Crippen LogP contribution in [0.4, 0.5) is 10.5 Å². The lowest BCUT2D eigenvalue weighted by molar-refractivity contribution is -0.122. The molecule has 0 aromatic heterocycles. The number of amides is 4. The number of methoxy groups -OCH3 is 1. The first-order chi connectivity index (χ1) is 14.3. The smallest absolute Gasteiger partial charge is 0.335 e. The number of ether oxygens (including phenoxy) is 2. The van der Waals surface area contributed by atoms with Crippen molar-refractivity contribution in [2.45, 2.75) is 26.4 Å². The number of anilines is 1. The molecule has 1 heterocycles. The molecule has 0 aliphatic carbocycles. The Bertz CT molecular complexity index is 1020. The summed E-state index contributed by atoms with van der Waals surface area (Å²) in [6.45, 7) is 3.96. The second-order valence-corrected chi connectivity index (χ2v) is 7.12. The van der Waals surface area contributed by atoms with Crippen LogP contribution in [0.2, 0.25) is 5.02 Å². The molecular weight excluding hydrogens is 408 g/mol. The summed E-state index contributed by atoms with van der Waals surface area (Å²) < 4.78 is 11.2. The van der Waals surface area contributed by atoms with Crippen molar-refractivity contribution in [3.63, 3.8) is 0 Å². The second-order valence-electron chi connectivity index (χ2n) is 6.68. The minimum absolute atomic E-state index is 0.00718. The van der Waals surface area contributed by atoms with Crippen LogP contribution in [0.1, 0.15) is 25.8 Å². The number of rotatable bonds is 6. The number of carbonyl (C=O) groups excluding carboxylic acids is 3. The second kappa shape index (κ2) is 9.00. The number of nitrogens with one attached hydrogen (secondary N) is 1. The van der Waals surface area contributed by atoms with Gasteiger partial charge in [-0.05, 0) is 61.4 Å². The normalized spacial score (nSPS) is 16.5. The highest BCUT2D eigenvalue weighted by molar-refractivity contribution is 6.39. The summed E-state index contributed by atoms with van der Waals surface area (Å²) in [5.41, 5.74) is 0.671. The van der Waals surface area contributed by atoms with Gasteiger partial charge in [0.05, 0.1) is 18.9 Å². The van der Waals surface area contributed by atoms with E-state index in [2.05, 4.69) is 5.32 Å². The van der Waals surface area contributed by atoms with E-state index in [1.165, 1.54) is 25.3 Å². The monoisotopic (exact) mass is 428 g/mol. The van der Waals surface area contributed by atoms with Gasteiger partial charge in [0.2, 0.25) is 0 Å². The Balaban J connectivity index is 1.95. The van der Waals surface area contributed by atoms with Crippen molar-refractivity contribution in [2.75, 3.05) is 12.0 Å². The van der Waals surface area contributed by atoms with Crippen molar-refractivity contribution in [3.8, 4) is 11.5 Å². The summed E-state index contributed by atoms with van der Waals surface area (Å²) in [4.78, 5) is 38.4. The Hall–Kier alpha value is -3.32. The van der Waals surface area contributed by atoms with Crippen molar-refractivity contribution in [2.24, 2.45) is 0 Å². The molecule has 1 atom stereocenters. The van der Waals surface area contributed by atoms with Gasteiger partial charge in [0, 0.05) is 5.02 Å². The van der Waals surface area contributed by atoms with Crippen LogP contribution in [0.3, 0.4) is 0 Å². The van der Waals surface area contributed by atoms with Gasteiger partial charge in [-0.25, -0.2) is 9.69 Å². The maximum Gasteiger partial charge on any atom is 0.335 e. The third-order valence-corrected chi connectivity index (χ3v) is 4.84. The van der Waals surface area contributed by atoms with Gasteiger partial charge in [-0.2, -0.15) is 0 Å². The fraction of sp³-hybridized carbons (Fsp3) is 0.227. The van der Waals surface area contributed by atoms with E-state index in [9.17, 15) is 14.4 Å². The number of halogens is 1. The summed E-state index contributed by atoms with van der Waals surface area (Å²) in [5.74, 6) is -0.468. The van der Waals surface area contributed by atoms with Crippen LogP contribution in [0.5, 0.6) is 11.5 Å². The van der Waals surface area contributed by atoms with Gasteiger partial charge in [0.1, 0.15) is 5.57 Å². The van der Waals surface area contributed by atoms with Crippen LogP contribution in [0.15, 0.2) is 48.0 Å². The Morgan fingerprint density at radius 2 is 1.80 bits per heavy atom. The zero-order valence-electron chi connectivity index (χ0n) is 16.8. The van der Waals surface area contributed by atoms with Crippen molar-refractivity contribution in [1.82, 2.24) is 5.32 Å².